The molecule has 4 aromatic rings. The Morgan fingerprint density at radius 1 is 1.00 bits per heavy atom. The second kappa shape index (κ2) is 11.5. The number of rotatable bonds is 7. The smallest absolute Gasteiger partial charge is 0.412 e. The van der Waals surface area contributed by atoms with Crippen molar-refractivity contribution in [3.63, 3.8) is 0 Å². The molecular formula is C29H34N6O4S. The van der Waals surface area contributed by atoms with E-state index in [0.29, 0.717) is 28.0 Å². The van der Waals surface area contributed by atoms with Gasteiger partial charge in [-0.3, -0.25) is 19.8 Å². The predicted octanol–water partition coefficient (Wildman–Crippen LogP) is 5.53. The summed E-state index contributed by atoms with van der Waals surface area (Å²) >= 11 is 1.44. The molecule has 40 heavy (non-hydrogen) atoms. The van der Waals surface area contributed by atoms with Crippen molar-refractivity contribution in [3.8, 4) is 0 Å². The molecule has 2 heterocycles. The normalized spacial score (nSPS) is 12.6. The van der Waals surface area contributed by atoms with Crippen LogP contribution in [-0.4, -0.2) is 44.0 Å². The fraction of sp³-hybridized carbons (Fsp3) is 0.345. The summed E-state index contributed by atoms with van der Waals surface area (Å²) < 4.78 is 6.86. The molecule has 1 atom stereocenters. The first-order valence-electron chi connectivity index (χ1n) is 12.9. The number of aromatic nitrogens is 3. The third-order valence-corrected chi connectivity index (χ3v) is 6.33. The molecule has 210 valence electrons. The van der Waals surface area contributed by atoms with Crippen molar-refractivity contribution in [2.45, 2.75) is 65.3 Å². The second-order valence-corrected chi connectivity index (χ2v) is 12.2. The van der Waals surface area contributed by atoms with Crippen LogP contribution >= 0.6 is 11.3 Å². The number of thiophene rings is 1. The highest BCUT2D eigenvalue weighted by Crippen LogP contribution is 2.31. The zero-order valence-corrected chi connectivity index (χ0v) is 24.3. The standard InChI is InChI=1S/C29H34N6O4S/c1-28(2,3)31-26(37)25(19-15-16-40-18-19)35(24(36)17-34-23-10-8-7-9-22(23)32-33-34)21-13-11-20(12-14-21)30-27(38)39-29(4,5)6/h7-16,18,25H,17H2,1-6H3,(H,30,38)(H,31,37). The Morgan fingerprint density at radius 3 is 2.33 bits per heavy atom. The molecule has 1 unspecified atom stereocenters. The van der Waals surface area contributed by atoms with Gasteiger partial charge in [0.15, 0.2) is 0 Å². The Morgan fingerprint density at radius 2 is 1.70 bits per heavy atom. The van der Waals surface area contributed by atoms with Gasteiger partial charge in [-0.25, -0.2) is 9.48 Å². The first kappa shape index (κ1) is 28.8. The van der Waals surface area contributed by atoms with Gasteiger partial charge in [0.05, 0.1) is 5.52 Å². The first-order chi connectivity index (χ1) is 18.8. The van der Waals surface area contributed by atoms with E-state index in [0.717, 1.165) is 0 Å². The molecule has 2 N–H and O–H groups in total. The molecule has 0 saturated carbocycles. The third kappa shape index (κ3) is 7.23. The van der Waals surface area contributed by atoms with Gasteiger partial charge in [-0.15, -0.1) is 5.10 Å². The molecule has 0 fully saturated rings. The number of carbonyl (C=O) groups is 3. The van der Waals surface area contributed by atoms with E-state index in [4.69, 9.17) is 4.74 Å². The van der Waals surface area contributed by atoms with Gasteiger partial charge in [-0.2, -0.15) is 11.3 Å². The average Bonchev–Trinajstić information content (AvgIpc) is 3.51. The molecule has 2 aromatic carbocycles. The van der Waals surface area contributed by atoms with Gasteiger partial charge in [0, 0.05) is 16.9 Å². The summed E-state index contributed by atoms with van der Waals surface area (Å²) in [5.74, 6) is -0.678. The molecule has 0 aliphatic heterocycles. The Labute approximate surface area is 237 Å². The molecule has 0 radical (unpaired) electrons. The van der Waals surface area contributed by atoms with Crippen LogP contribution in [0.25, 0.3) is 11.0 Å². The van der Waals surface area contributed by atoms with Gasteiger partial charge >= 0.3 is 6.09 Å². The van der Waals surface area contributed by atoms with E-state index in [1.807, 2.05) is 61.9 Å². The molecule has 4 rings (SSSR count). The third-order valence-electron chi connectivity index (χ3n) is 5.63. The fourth-order valence-corrected chi connectivity index (χ4v) is 4.77. The lowest BCUT2D eigenvalue weighted by molar-refractivity contribution is -0.128. The van der Waals surface area contributed by atoms with Crippen molar-refractivity contribution in [3.05, 3.63) is 70.9 Å². The minimum absolute atomic E-state index is 0.137. The van der Waals surface area contributed by atoms with Gasteiger partial charge in [-0.05, 0) is 100 Å². The quantitative estimate of drug-likeness (QED) is 0.306. The number of amides is 3. The van der Waals surface area contributed by atoms with Gasteiger partial charge in [0.2, 0.25) is 11.8 Å². The fourth-order valence-electron chi connectivity index (χ4n) is 4.09. The molecule has 0 aliphatic carbocycles. The Bertz CT molecular complexity index is 1480. The van der Waals surface area contributed by atoms with Crippen LogP contribution in [0.3, 0.4) is 0 Å². The molecular weight excluding hydrogens is 528 g/mol. The molecule has 10 nitrogen and oxygen atoms in total. The summed E-state index contributed by atoms with van der Waals surface area (Å²) in [6.07, 6.45) is -0.591. The maximum atomic E-state index is 14.1. The van der Waals surface area contributed by atoms with Crippen LogP contribution in [0.5, 0.6) is 0 Å². The van der Waals surface area contributed by atoms with E-state index in [9.17, 15) is 14.4 Å². The van der Waals surface area contributed by atoms with E-state index in [2.05, 4.69) is 20.9 Å². The number of fused-ring (bicyclic) bond motifs is 1. The van der Waals surface area contributed by atoms with E-state index < -0.39 is 23.3 Å². The van der Waals surface area contributed by atoms with Crippen LogP contribution in [0, 0.1) is 0 Å². The zero-order chi connectivity index (χ0) is 29.1. The lowest BCUT2D eigenvalue weighted by atomic mass is 10.0. The van der Waals surface area contributed by atoms with Crippen molar-refractivity contribution in [2.75, 3.05) is 10.2 Å². The lowest BCUT2D eigenvalue weighted by Crippen LogP contribution is -2.50. The van der Waals surface area contributed by atoms with E-state index >= 15 is 0 Å². The number of hydrogen-bond acceptors (Lipinski definition) is 7. The minimum Gasteiger partial charge on any atom is -0.444 e. The average molecular weight is 563 g/mol. The second-order valence-electron chi connectivity index (χ2n) is 11.4. The summed E-state index contributed by atoms with van der Waals surface area (Å²) in [5.41, 5.74) is 1.84. The summed E-state index contributed by atoms with van der Waals surface area (Å²) in [5, 5.41) is 17.8. The highest BCUT2D eigenvalue weighted by molar-refractivity contribution is 7.08. The highest BCUT2D eigenvalue weighted by atomic mass is 32.1. The molecule has 2 aromatic heterocycles. The van der Waals surface area contributed by atoms with Crippen LogP contribution in [0.1, 0.15) is 53.1 Å². The topological polar surface area (TPSA) is 118 Å². The van der Waals surface area contributed by atoms with E-state index in [1.54, 1.807) is 45.0 Å². The van der Waals surface area contributed by atoms with Crippen LogP contribution in [0.4, 0.5) is 16.2 Å². The lowest BCUT2D eigenvalue weighted by Gasteiger charge is -2.33. The Kier molecular flexibility index (Phi) is 8.24. The number of hydrogen-bond donors (Lipinski definition) is 2. The molecule has 0 aliphatic rings. The van der Waals surface area contributed by atoms with Gasteiger partial charge in [0.25, 0.3) is 0 Å². The summed E-state index contributed by atoms with van der Waals surface area (Å²) in [6.45, 7) is 10.9. The van der Waals surface area contributed by atoms with Crippen LogP contribution in [0.2, 0.25) is 0 Å². The number of nitrogens with one attached hydrogen (secondary N) is 2. The van der Waals surface area contributed by atoms with Crippen molar-refractivity contribution in [1.82, 2.24) is 20.3 Å². The summed E-state index contributed by atoms with van der Waals surface area (Å²) in [7, 11) is 0. The number of anilines is 2. The first-order valence-corrected chi connectivity index (χ1v) is 13.8. The number of ether oxygens (including phenoxy) is 1. The van der Waals surface area contributed by atoms with Crippen LogP contribution in [-0.2, 0) is 20.9 Å². The number of benzene rings is 2. The SMILES string of the molecule is CC(C)(C)NC(=O)C(c1ccsc1)N(C(=O)Cn1nnc2ccccc21)c1ccc(NC(=O)OC(C)(C)C)cc1. The Hall–Kier alpha value is -4.25. The largest absolute Gasteiger partial charge is 0.444 e. The van der Waals surface area contributed by atoms with Crippen LogP contribution < -0.4 is 15.5 Å². The predicted molar refractivity (Wildman–Crippen MR) is 156 cm³/mol. The van der Waals surface area contributed by atoms with Gasteiger partial charge < -0.3 is 10.1 Å². The van der Waals surface area contributed by atoms with Crippen molar-refractivity contribution in [1.29, 1.82) is 0 Å². The minimum atomic E-state index is -0.947. The molecule has 0 bridgehead atoms. The van der Waals surface area contributed by atoms with Crippen molar-refractivity contribution < 1.29 is 19.1 Å². The van der Waals surface area contributed by atoms with E-state index in [-0.39, 0.29) is 18.4 Å². The molecule has 0 saturated heterocycles. The number of para-hydroxylation sites is 1. The van der Waals surface area contributed by atoms with Crippen LogP contribution in [0.15, 0.2) is 65.4 Å². The molecule has 0 spiro atoms. The number of carbonyl (C=O) groups excluding carboxylic acids is 3. The Balaban J connectivity index is 1.72. The summed E-state index contributed by atoms with van der Waals surface area (Å²) in [6, 6.07) is 15.0. The van der Waals surface area contributed by atoms with Crippen molar-refractivity contribution in [2.24, 2.45) is 0 Å². The summed E-state index contributed by atoms with van der Waals surface area (Å²) in [4.78, 5) is 41.5. The molecule has 3 amide bonds. The monoisotopic (exact) mass is 562 g/mol. The maximum absolute atomic E-state index is 14.1. The number of nitrogens with zero attached hydrogens (tertiary/aromatic N) is 4. The van der Waals surface area contributed by atoms with Gasteiger partial charge in [-0.1, -0.05) is 17.3 Å². The van der Waals surface area contributed by atoms with Gasteiger partial charge in [0.1, 0.15) is 23.7 Å². The van der Waals surface area contributed by atoms with Crippen molar-refractivity contribution >= 4 is 51.7 Å². The van der Waals surface area contributed by atoms with E-state index in [1.165, 1.54) is 20.9 Å². The highest BCUT2D eigenvalue weighted by Gasteiger charge is 2.35. The maximum Gasteiger partial charge on any atom is 0.412 e. The molecule has 11 heteroatoms. The zero-order valence-electron chi connectivity index (χ0n) is 23.5.